The SMILES string of the molecule is CCNC(Cc1cc(C)nn1CC)c1cc(OC)cs1. The van der Waals surface area contributed by atoms with Crippen molar-refractivity contribution < 1.29 is 4.74 Å². The van der Waals surface area contributed by atoms with Crippen molar-refractivity contribution in [2.45, 2.75) is 39.8 Å². The van der Waals surface area contributed by atoms with E-state index in [2.05, 4.69) is 46.5 Å². The number of nitrogens with one attached hydrogen (secondary N) is 1. The van der Waals surface area contributed by atoms with Crippen LogP contribution in [-0.4, -0.2) is 23.4 Å². The zero-order valence-corrected chi connectivity index (χ0v) is 13.5. The van der Waals surface area contributed by atoms with Gasteiger partial charge in [-0.25, -0.2) is 0 Å². The van der Waals surface area contributed by atoms with Crippen LogP contribution in [0.3, 0.4) is 0 Å². The molecule has 2 rings (SSSR count). The van der Waals surface area contributed by atoms with E-state index in [4.69, 9.17) is 4.74 Å². The van der Waals surface area contributed by atoms with Gasteiger partial charge < -0.3 is 10.1 Å². The first-order chi connectivity index (χ1) is 9.67. The van der Waals surface area contributed by atoms with Crippen LogP contribution in [0.4, 0.5) is 0 Å². The predicted molar refractivity (Wildman–Crippen MR) is 83.6 cm³/mol. The summed E-state index contributed by atoms with van der Waals surface area (Å²) in [4.78, 5) is 1.31. The van der Waals surface area contributed by atoms with E-state index in [1.807, 2.05) is 6.92 Å². The molecule has 1 unspecified atom stereocenters. The molecule has 0 amide bonds. The van der Waals surface area contributed by atoms with Crippen LogP contribution in [0.2, 0.25) is 0 Å². The minimum absolute atomic E-state index is 0.315. The number of likely N-dealkylation sites (N-methyl/N-ethyl adjacent to an activating group) is 1. The Bertz CT molecular complexity index is 547. The fraction of sp³-hybridized carbons (Fsp3) is 0.533. The molecule has 20 heavy (non-hydrogen) atoms. The van der Waals surface area contributed by atoms with Gasteiger partial charge in [0.05, 0.1) is 12.8 Å². The molecule has 0 radical (unpaired) electrons. The third kappa shape index (κ3) is 3.41. The minimum Gasteiger partial charge on any atom is -0.496 e. The van der Waals surface area contributed by atoms with Crippen LogP contribution >= 0.6 is 11.3 Å². The Balaban J connectivity index is 2.20. The largest absolute Gasteiger partial charge is 0.496 e. The molecule has 0 aliphatic carbocycles. The molecule has 2 heterocycles. The highest BCUT2D eigenvalue weighted by Gasteiger charge is 2.16. The van der Waals surface area contributed by atoms with Gasteiger partial charge >= 0.3 is 0 Å². The molecule has 1 atom stereocenters. The summed E-state index contributed by atoms with van der Waals surface area (Å²) in [7, 11) is 1.71. The smallest absolute Gasteiger partial charge is 0.129 e. The Morgan fingerprint density at radius 2 is 2.20 bits per heavy atom. The second kappa shape index (κ2) is 6.90. The number of thiophene rings is 1. The number of aromatic nitrogens is 2. The van der Waals surface area contributed by atoms with E-state index in [9.17, 15) is 0 Å². The second-order valence-electron chi connectivity index (χ2n) is 4.80. The van der Waals surface area contributed by atoms with Crippen molar-refractivity contribution in [1.82, 2.24) is 15.1 Å². The van der Waals surface area contributed by atoms with Gasteiger partial charge in [0.2, 0.25) is 0 Å². The molecule has 0 aliphatic rings. The minimum atomic E-state index is 0.315. The monoisotopic (exact) mass is 293 g/mol. The van der Waals surface area contributed by atoms with Gasteiger partial charge in [-0.1, -0.05) is 6.92 Å². The molecule has 0 aliphatic heterocycles. The number of hydrogen-bond acceptors (Lipinski definition) is 4. The maximum atomic E-state index is 5.29. The topological polar surface area (TPSA) is 39.1 Å². The fourth-order valence-corrected chi connectivity index (χ4v) is 3.32. The first-order valence-corrected chi connectivity index (χ1v) is 7.95. The lowest BCUT2D eigenvalue weighted by molar-refractivity contribution is 0.415. The van der Waals surface area contributed by atoms with Gasteiger partial charge in [0.25, 0.3) is 0 Å². The van der Waals surface area contributed by atoms with Gasteiger partial charge in [-0.15, -0.1) is 11.3 Å². The second-order valence-corrected chi connectivity index (χ2v) is 5.74. The van der Waals surface area contributed by atoms with E-state index < -0.39 is 0 Å². The third-order valence-corrected chi connectivity index (χ3v) is 4.35. The lowest BCUT2D eigenvalue weighted by Gasteiger charge is -2.16. The quantitative estimate of drug-likeness (QED) is 0.852. The molecule has 5 heteroatoms. The lowest BCUT2D eigenvalue weighted by Crippen LogP contribution is -2.23. The van der Waals surface area contributed by atoms with Crippen LogP contribution in [0.1, 0.15) is 36.2 Å². The van der Waals surface area contributed by atoms with Crippen LogP contribution in [0.5, 0.6) is 5.75 Å². The van der Waals surface area contributed by atoms with E-state index in [-0.39, 0.29) is 0 Å². The van der Waals surface area contributed by atoms with E-state index in [1.54, 1.807) is 18.4 Å². The number of nitrogens with zero attached hydrogens (tertiary/aromatic N) is 2. The Kier molecular flexibility index (Phi) is 5.20. The number of ether oxygens (including phenoxy) is 1. The molecule has 0 bridgehead atoms. The summed E-state index contributed by atoms with van der Waals surface area (Å²) in [6, 6.07) is 4.62. The summed E-state index contributed by atoms with van der Waals surface area (Å²) in [5, 5.41) is 10.1. The summed E-state index contributed by atoms with van der Waals surface area (Å²) in [5.74, 6) is 0.938. The van der Waals surface area contributed by atoms with Crippen LogP contribution in [0.25, 0.3) is 0 Å². The molecule has 0 aromatic carbocycles. The van der Waals surface area contributed by atoms with Crippen molar-refractivity contribution in [3.8, 4) is 5.75 Å². The van der Waals surface area contributed by atoms with Crippen LogP contribution in [-0.2, 0) is 13.0 Å². The van der Waals surface area contributed by atoms with E-state index in [1.165, 1.54) is 10.6 Å². The summed E-state index contributed by atoms with van der Waals surface area (Å²) < 4.78 is 7.38. The molecule has 0 saturated carbocycles. The molecule has 110 valence electrons. The molecule has 2 aromatic rings. The Labute approximate surface area is 124 Å². The number of rotatable bonds is 7. The van der Waals surface area contributed by atoms with Gasteiger partial charge in [-0.2, -0.15) is 5.10 Å². The van der Waals surface area contributed by atoms with Crippen molar-refractivity contribution >= 4 is 11.3 Å². The highest BCUT2D eigenvalue weighted by molar-refractivity contribution is 7.10. The molecule has 1 N–H and O–H groups in total. The normalized spacial score (nSPS) is 12.6. The molecule has 0 saturated heterocycles. The number of hydrogen-bond donors (Lipinski definition) is 1. The van der Waals surface area contributed by atoms with Crippen LogP contribution in [0.15, 0.2) is 17.5 Å². The van der Waals surface area contributed by atoms with Crippen molar-refractivity contribution in [2.24, 2.45) is 0 Å². The molecule has 0 spiro atoms. The summed E-state index contributed by atoms with van der Waals surface area (Å²) >= 11 is 1.74. The van der Waals surface area contributed by atoms with Crippen molar-refractivity contribution in [2.75, 3.05) is 13.7 Å². The first kappa shape index (κ1) is 15.1. The van der Waals surface area contributed by atoms with Crippen LogP contribution in [0, 0.1) is 6.92 Å². The van der Waals surface area contributed by atoms with E-state index in [0.29, 0.717) is 6.04 Å². The van der Waals surface area contributed by atoms with Gasteiger partial charge in [0, 0.05) is 35.0 Å². The maximum absolute atomic E-state index is 5.29. The Morgan fingerprint density at radius 3 is 2.80 bits per heavy atom. The van der Waals surface area contributed by atoms with Gasteiger partial charge in [0.1, 0.15) is 5.75 Å². The highest BCUT2D eigenvalue weighted by atomic mass is 32.1. The van der Waals surface area contributed by atoms with Crippen LogP contribution < -0.4 is 10.1 Å². The lowest BCUT2D eigenvalue weighted by atomic mass is 10.1. The average Bonchev–Trinajstić information content (AvgIpc) is 3.04. The Morgan fingerprint density at radius 1 is 1.40 bits per heavy atom. The van der Waals surface area contributed by atoms with E-state index in [0.717, 1.165) is 31.0 Å². The number of aryl methyl sites for hydroxylation is 2. The van der Waals surface area contributed by atoms with Gasteiger partial charge in [-0.05, 0) is 32.5 Å². The molecular weight excluding hydrogens is 270 g/mol. The predicted octanol–water partition coefficient (Wildman–Crippen LogP) is 3.17. The van der Waals surface area contributed by atoms with Gasteiger partial charge in [0.15, 0.2) is 0 Å². The standard InChI is InChI=1S/C15H23N3OS/c1-5-16-14(15-9-13(19-4)10-20-15)8-12-7-11(3)17-18(12)6-2/h7,9-10,14,16H,5-6,8H2,1-4H3. The molecule has 0 fully saturated rings. The fourth-order valence-electron chi connectivity index (χ4n) is 2.39. The molecule has 4 nitrogen and oxygen atoms in total. The first-order valence-electron chi connectivity index (χ1n) is 7.07. The highest BCUT2D eigenvalue weighted by Crippen LogP contribution is 2.29. The zero-order valence-electron chi connectivity index (χ0n) is 12.6. The van der Waals surface area contributed by atoms with E-state index >= 15 is 0 Å². The summed E-state index contributed by atoms with van der Waals surface area (Å²) in [5.41, 5.74) is 2.36. The third-order valence-electron chi connectivity index (χ3n) is 3.32. The summed E-state index contributed by atoms with van der Waals surface area (Å²) in [6.45, 7) is 8.18. The number of methoxy groups -OCH3 is 1. The van der Waals surface area contributed by atoms with Crippen molar-refractivity contribution in [3.63, 3.8) is 0 Å². The summed E-state index contributed by atoms with van der Waals surface area (Å²) in [6.07, 6.45) is 0.951. The molecular formula is C15H23N3OS. The average molecular weight is 293 g/mol. The van der Waals surface area contributed by atoms with Crippen molar-refractivity contribution in [1.29, 1.82) is 0 Å². The maximum Gasteiger partial charge on any atom is 0.129 e. The molecule has 2 aromatic heterocycles. The zero-order chi connectivity index (χ0) is 14.5. The van der Waals surface area contributed by atoms with Gasteiger partial charge in [-0.3, -0.25) is 4.68 Å². The van der Waals surface area contributed by atoms with Crippen molar-refractivity contribution in [3.05, 3.63) is 33.8 Å². The Hall–Kier alpha value is -1.33.